The van der Waals surface area contributed by atoms with Crippen LogP contribution in [0.15, 0.2) is 24.3 Å². The first-order valence-corrected chi connectivity index (χ1v) is 5.74. The van der Waals surface area contributed by atoms with E-state index in [4.69, 9.17) is 4.74 Å². The highest BCUT2D eigenvalue weighted by atomic mass is 16.5. The third kappa shape index (κ3) is 1.71. The fourth-order valence-electron chi connectivity index (χ4n) is 2.49. The zero-order valence-corrected chi connectivity index (χ0v) is 9.06. The summed E-state index contributed by atoms with van der Waals surface area (Å²) in [4.78, 5) is 14.1. The van der Waals surface area contributed by atoms with Crippen molar-refractivity contribution in [3.05, 3.63) is 35.9 Å². The predicted octanol–water partition coefficient (Wildman–Crippen LogP) is 1.49. The summed E-state index contributed by atoms with van der Waals surface area (Å²) < 4.78 is 5.71. The van der Waals surface area contributed by atoms with Crippen LogP contribution in [0, 0.1) is 6.07 Å². The van der Waals surface area contributed by atoms with Crippen LogP contribution in [0.1, 0.15) is 23.2 Å². The number of benzene rings is 1. The van der Waals surface area contributed by atoms with E-state index >= 15 is 0 Å². The number of nitrogens with zero attached hydrogens (tertiary/aromatic N) is 1. The molecule has 1 radical (unpaired) electrons. The Kier molecular flexibility index (Phi) is 2.40. The van der Waals surface area contributed by atoms with Gasteiger partial charge in [-0.3, -0.25) is 4.79 Å². The van der Waals surface area contributed by atoms with Crippen molar-refractivity contribution in [3.8, 4) is 0 Å². The summed E-state index contributed by atoms with van der Waals surface area (Å²) in [6, 6.07) is 10.1. The molecule has 1 aromatic rings. The van der Waals surface area contributed by atoms with Crippen molar-refractivity contribution in [1.82, 2.24) is 4.90 Å². The molecule has 83 valence electrons. The number of morpholine rings is 1. The van der Waals surface area contributed by atoms with Gasteiger partial charge in [-0.25, -0.2) is 0 Å². The molecule has 0 aliphatic carbocycles. The van der Waals surface area contributed by atoms with E-state index in [1.54, 1.807) is 12.1 Å². The number of rotatable bonds is 1. The van der Waals surface area contributed by atoms with Gasteiger partial charge in [0.2, 0.25) is 0 Å². The Balaban J connectivity index is 1.76. The Labute approximate surface area is 95.0 Å². The second-order valence-electron chi connectivity index (χ2n) is 4.46. The van der Waals surface area contributed by atoms with E-state index in [9.17, 15) is 4.79 Å². The summed E-state index contributed by atoms with van der Waals surface area (Å²) in [6.07, 6.45) is 2.71. The molecule has 0 saturated carbocycles. The third-order valence-electron chi connectivity index (χ3n) is 3.30. The largest absolute Gasteiger partial charge is 0.371 e. The summed E-state index contributed by atoms with van der Waals surface area (Å²) in [7, 11) is 0. The van der Waals surface area contributed by atoms with E-state index in [0.29, 0.717) is 0 Å². The van der Waals surface area contributed by atoms with Gasteiger partial charge in [0.1, 0.15) is 0 Å². The molecular weight excluding hydrogens is 202 g/mol. The van der Waals surface area contributed by atoms with E-state index in [2.05, 4.69) is 6.07 Å². The maximum Gasteiger partial charge on any atom is 0.254 e. The van der Waals surface area contributed by atoms with Gasteiger partial charge in [0.15, 0.2) is 0 Å². The Morgan fingerprint density at radius 3 is 2.50 bits per heavy atom. The molecule has 3 heteroatoms. The average molecular weight is 216 g/mol. The number of likely N-dealkylation sites (tertiary alicyclic amines) is 1. The Bertz CT molecular complexity index is 378. The van der Waals surface area contributed by atoms with Crippen LogP contribution in [-0.2, 0) is 4.74 Å². The molecule has 2 aliphatic heterocycles. The molecule has 1 amide bonds. The van der Waals surface area contributed by atoms with Crippen molar-refractivity contribution in [2.24, 2.45) is 0 Å². The Morgan fingerprint density at radius 1 is 1.25 bits per heavy atom. The van der Waals surface area contributed by atoms with Gasteiger partial charge >= 0.3 is 0 Å². The first kappa shape index (κ1) is 9.85. The van der Waals surface area contributed by atoms with Gasteiger partial charge in [-0.2, -0.15) is 0 Å². The molecule has 2 unspecified atom stereocenters. The van der Waals surface area contributed by atoms with E-state index in [1.165, 1.54) is 0 Å². The summed E-state index contributed by atoms with van der Waals surface area (Å²) in [5.41, 5.74) is 0.750. The molecule has 2 fully saturated rings. The number of ether oxygens (including phenoxy) is 1. The summed E-state index contributed by atoms with van der Waals surface area (Å²) in [5.74, 6) is 0.120. The van der Waals surface area contributed by atoms with Crippen molar-refractivity contribution in [2.75, 3.05) is 13.1 Å². The molecule has 3 nitrogen and oxygen atoms in total. The minimum absolute atomic E-state index is 0.120. The van der Waals surface area contributed by atoms with Crippen LogP contribution in [0.25, 0.3) is 0 Å². The average Bonchev–Trinajstić information content (AvgIpc) is 2.68. The predicted molar refractivity (Wildman–Crippen MR) is 59.1 cm³/mol. The second kappa shape index (κ2) is 3.91. The van der Waals surface area contributed by atoms with Gasteiger partial charge in [-0.1, -0.05) is 12.1 Å². The normalized spacial score (nSPS) is 28.1. The zero-order chi connectivity index (χ0) is 11.0. The van der Waals surface area contributed by atoms with Crippen molar-refractivity contribution in [2.45, 2.75) is 25.0 Å². The first-order chi connectivity index (χ1) is 7.83. The molecule has 0 aromatic heterocycles. The molecule has 3 rings (SSSR count). The number of carbonyl (C=O) groups excluding carboxylic acids is 1. The zero-order valence-electron chi connectivity index (χ0n) is 9.06. The van der Waals surface area contributed by atoms with Gasteiger partial charge in [0, 0.05) is 18.7 Å². The van der Waals surface area contributed by atoms with Crippen LogP contribution in [0.3, 0.4) is 0 Å². The number of amides is 1. The van der Waals surface area contributed by atoms with Crippen molar-refractivity contribution in [3.63, 3.8) is 0 Å². The summed E-state index contributed by atoms with van der Waals surface area (Å²) in [6.45, 7) is 1.49. The highest BCUT2D eigenvalue weighted by Gasteiger charge is 2.35. The number of hydrogen-bond donors (Lipinski definition) is 0. The van der Waals surface area contributed by atoms with Gasteiger partial charge in [-0.15, -0.1) is 0 Å². The highest BCUT2D eigenvalue weighted by Crippen LogP contribution is 2.26. The smallest absolute Gasteiger partial charge is 0.254 e. The molecule has 2 heterocycles. The lowest BCUT2D eigenvalue weighted by Gasteiger charge is -2.32. The van der Waals surface area contributed by atoms with Gasteiger partial charge < -0.3 is 9.64 Å². The molecular formula is C13H14NO2. The minimum Gasteiger partial charge on any atom is -0.371 e. The number of hydrogen-bond acceptors (Lipinski definition) is 2. The van der Waals surface area contributed by atoms with Crippen molar-refractivity contribution in [1.29, 1.82) is 0 Å². The number of fused-ring (bicyclic) bond motifs is 2. The number of carbonyl (C=O) groups is 1. The quantitative estimate of drug-likeness (QED) is 0.711. The van der Waals surface area contributed by atoms with Crippen molar-refractivity contribution >= 4 is 5.91 Å². The Morgan fingerprint density at radius 2 is 1.88 bits per heavy atom. The summed E-state index contributed by atoms with van der Waals surface area (Å²) in [5, 5.41) is 0. The monoisotopic (exact) mass is 216 g/mol. The van der Waals surface area contributed by atoms with Crippen LogP contribution < -0.4 is 0 Å². The van der Waals surface area contributed by atoms with Gasteiger partial charge in [0.25, 0.3) is 5.91 Å². The molecule has 0 spiro atoms. The minimum atomic E-state index is 0.120. The van der Waals surface area contributed by atoms with E-state index in [-0.39, 0.29) is 18.1 Å². The lowest BCUT2D eigenvalue weighted by Crippen LogP contribution is -2.45. The molecule has 2 saturated heterocycles. The topological polar surface area (TPSA) is 29.5 Å². The third-order valence-corrected chi connectivity index (χ3v) is 3.30. The van der Waals surface area contributed by atoms with E-state index in [0.717, 1.165) is 31.5 Å². The lowest BCUT2D eigenvalue weighted by atomic mass is 10.2. The van der Waals surface area contributed by atoms with Gasteiger partial charge in [-0.05, 0) is 31.0 Å². The molecule has 1 aromatic carbocycles. The van der Waals surface area contributed by atoms with Crippen LogP contribution in [0.5, 0.6) is 0 Å². The maximum atomic E-state index is 12.2. The maximum absolute atomic E-state index is 12.2. The Hall–Kier alpha value is -1.35. The fraction of sp³-hybridized carbons (Fsp3) is 0.462. The van der Waals surface area contributed by atoms with Crippen molar-refractivity contribution < 1.29 is 9.53 Å². The molecule has 16 heavy (non-hydrogen) atoms. The van der Waals surface area contributed by atoms with E-state index < -0.39 is 0 Å². The van der Waals surface area contributed by atoms with Crippen LogP contribution >= 0.6 is 0 Å². The summed E-state index contributed by atoms with van der Waals surface area (Å²) >= 11 is 0. The molecule has 0 N–H and O–H groups in total. The highest BCUT2D eigenvalue weighted by molar-refractivity contribution is 5.94. The molecule has 2 aliphatic rings. The SMILES string of the molecule is O=C(c1cc[c]cc1)N1CC2CCC(C1)O2. The second-order valence-corrected chi connectivity index (χ2v) is 4.46. The fourth-order valence-corrected chi connectivity index (χ4v) is 2.49. The first-order valence-electron chi connectivity index (χ1n) is 5.74. The van der Waals surface area contributed by atoms with Crippen LogP contribution in [-0.4, -0.2) is 36.1 Å². The molecule has 2 bridgehead atoms. The van der Waals surface area contributed by atoms with E-state index in [1.807, 2.05) is 17.0 Å². The van der Waals surface area contributed by atoms with Gasteiger partial charge in [0.05, 0.1) is 12.2 Å². The molecule has 2 atom stereocenters. The lowest BCUT2D eigenvalue weighted by molar-refractivity contribution is -0.0303. The van der Waals surface area contributed by atoms with Crippen LogP contribution in [0.2, 0.25) is 0 Å². The van der Waals surface area contributed by atoms with Crippen LogP contribution in [0.4, 0.5) is 0 Å². The standard InChI is InChI=1S/C13H14NO2/c15-13(10-4-2-1-3-5-10)14-8-11-6-7-12(9-14)16-11/h2-5,11-12H,6-9H2.